The van der Waals surface area contributed by atoms with Crippen LogP contribution in [0, 0.1) is 20.8 Å². The van der Waals surface area contributed by atoms with E-state index in [1.54, 1.807) is 13.0 Å². The first-order chi connectivity index (χ1) is 9.92. The van der Waals surface area contributed by atoms with E-state index in [0.29, 0.717) is 17.3 Å². The van der Waals surface area contributed by atoms with Crippen LogP contribution in [0.4, 0.5) is 5.82 Å². The van der Waals surface area contributed by atoms with Crippen LogP contribution in [0.1, 0.15) is 22.5 Å². The summed E-state index contributed by atoms with van der Waals surface area (Å²) >= 11 is 0. The minimum absolute atomic E-state index is 0.0566. The van der Waals surface area contributed by atoms with Gasteiger partial charge in [-0.05, 0) is 26.3 Å². The molecule has 0 spiro atoms. The molecule has 1 heterocycles. The van der Waals surface area contributed by atoms with E-state index >= 15 is 0 Å². The minimum atomic E-state index is -1.25. The van der Waals surface area contributed by atoms with Crippen LogP contribution in [0.25, 0.3) is 0 Å². The Labute approximate surface area is 126 Å². The summed E-state index contributed by atoms with van der Waals surface area (Å²) < 4.78 is 16.9. The first-order valence-electron chi connectivity index (χ1n) is 6.57. The number of hydrogen-bond acceptors (Lipinski definition) is 4. The lowest BCUT2D eigenvalue weighted by Crippen LogP contribution is -2.20. The Balaban J connectivity index is 1.90. The van der Waals surface area contributed by atoms with Crippen LogP contribution >= 0.6 is 0 Å². The van der Waals surface area contributed by atoms with E-state index < -0.39 is 10.8 Å². The standard InChI is InChI=1S/C15H18N2O3S/c1-10-4-11(2)6-13(5-10)8-21(19)9-15(18)16-14-7-12(3)20-17-14/h4-7H,8-9H2,1-3H3,(H,16,17,18)/t21-/m0/s1. The Hall–Kier alpha value is -1.95. The smallest absolute Gasteiger partial charge is 0.238 e. The van der Waals surface area contributed by atoms with Crippen molar-refractivity contribution in [2.24, 2.45) is 0 Å². The summed E-state index contributed by atoms with van der Waals surface area (Å²) in [6.45, 7) is 5.74. The summed E-state index contributed by atoms with van der Waals surface area (Å²) in [4.78, 5) is 11.8. The highest BCUT2D eigenvalue weighted by atomic mass is 32.2. The van der Waals surface area contributed by atoms with Crippen molar-refractivity contribution >= 4 is 22.5 Å². The van der Waals surface area contributed by atoms with Gasteiger partial charge in [0.25, 0.3) is 0 Å². The number of carbonyl (C=O) groups is 1. The zero-order chi connectivity index (χ0) is 15.4. The number of aromatic nitrogens is 1. The maximum absolute atomic E-state index is 12.0. The van der Waals surface area contributed by atoms with Crippen LogP contribution in [0.15, 0.2) is 28.8 Å². The number of hydrogen-bond donors (Lipinski definition) is 1. The number of amides is 1. The van der Waals surface area contributed by atoms with Crippen molar-refractivity contribution in [3.8, 4) is 0 Å². The van der Waals surface area contributed by atoms with Crippen molar-refractivity contribution in [3.63, 3.8) is 0 Å². The average molecular weight is 306 g/mol. The summed E-state index contributed by atoms with van der Waals surface area (Å²) in [7, 11) is -1.25. The molecule has 0 aliphatic rings. The fourth-order valence-corrected chi connectivity index (χ4v) is 3.14. The highest BCUT2D eigenvalue weighted by Gasteiger charge is 2.11. The van der Waals surface area contributed by atoms with Gasteiger partial charge in [-0.3, -0.25) is 9.00 Å². The van der Waals surface area contributed by atoms with Crippen molar-refractivity contribution in [3.05, 3.63) is 46.7 Å². The molecular weight excluding hydrogens is 288 g/mol. The molecule has 5 nitrogen and oxygen atoms in total. The summed E-state index contributed by atoms with van der Waals surface area (Å²) in [6.07, 6.45) is 0. The van der Waals surface area contributed by atoms with Crippen LogP contribution in [0.2, 0.25) is 0 Å². The second-order valence-electron chi connectivity index (χ2n) is 5.10. The van der Waals surface area contributed by atoms with Crippen LogP contribution in [-0.2, 0) is 21.3 Å². The maximum atomic E-state index is 12.0. The number of carbonyl (C=O) groups excluding carboxylic acids is 1. The van der Waals surface area contributed by atoms with Crippen molar-refractivity contribution in [2.75, 3.05) is 11.1 Å². The second-order valence-corrected chi connectivity index (χ2v) is 6.55. The van der Waals surface area contributed by atoms with Gasteiger partial charge in [-0.2, -0.15) is 0 Å². The maximum Gasteiger partial charge on any atom is 0.238 e. The van der Waals surface area contributed by atoms with Gasteiger partial charge in [0.1, 0.15) is 11.5 Å². The normalized spacial score (nSPS) is 12.1. The van der Waals surface area contributed by atoms with Crippen molar-refractivity contribution in [1.82, 2.24) is 5.16 Å². The minimum Gasteiger partial charge on any atom is -0.360 e. The molecule has 112 valence electrons. The molecule has 1 atom stereocenters. The third-order valence-electron chi connectivity index (χ3n) is 2.80. The van der Waals surface area contributed by atoms with Gasteiger partial charge in [-0.25, -0.2) is 0 Å². The Morgan fingerprint density at radius 3 is 2.43 bits per heavy atom. The number of aryl methyl sites for hydroxylation is 3. The highest BCUT2D eigenvalue weighted by molar-refractivity contribution is 7.84. The number of benzene rings is 1. The molecule has 0 aliphatic heterocycles. The molecule has 2 rings (SSSR count). The van der Waals surface area contributed by atoms with Gasteiger partial charge >= 0.3 is 0 Å². The summed E-state index contributed by atoms with van der Waals surface area (Å²) in [5.74, 6) is 0.945. The number of nitrogens with zero attached hydrogens (tertiary/aromatic N) is 1. The predicted octanol–water partition coefficient (Wildman–Crippen LogP) is 2.49. The van der Waals surface area contributed by atoms with Crippen molar-refractivity contribution < 1.29 is 13.5 Å². The Bertz CT molecular complexity index is 659. The predicted molar refractivity (Wildman–Crippen MR) is 82.5 cm³/mol. The first-order valence-corrected chi connectivity index (χ1v) is 8.06. The Morgan fingerprint density at radius 1 is 1.19 bits per heavy atom. The molecule has 21 heavy (non-hydrogen) atoms. The molecule has 0 radical (unpaired) electrons. The lowest BCUT2D eigenvalue weighted by molar-refractivity contribution is -0.113. The van der Waals surface area contributed by atoms with Gasteiger partial charge in [0.15, 0.2) is 5.82 Å². The molecule has 1 aromatic heterocycles. The third kappa shape index (κ3) is 4.82. The van der Waals surface area contributed by atoms with E-state index in [0.717, 1.165) is 16.7 Å². The monoisotopic (exact) mass is 306 g/mol. The average Bonchev–Trinajstić information content (AvgIpc) is 2.72. The molecular formula is C15H18N2O3S. The van der Waals surface area contributed by atoms with Gasteiger partial charge in [0, 0.05) is 22.6 Å². The highest BCUT2D eigenvalue weighted by Crippen LogP contribution is 2.11. The van der Waals surface area contributed by atoms with Crippen molar-refractivity contribution in [2.45, 2.75) is 26.5 Å². The zero-order valence-corrected chi connectivity index (χ0v) is 13.1. The van der Waals surface area contributed by atoms with Gasteiger partial charge in [-0.1, -0.05) is 34.5 Å². The topological polar surface area (TPSA) is 72.2 Å². The van der Waals surface area contributed by atoms with E-state index in [4.69, 9.17) is 4.52 Å². The molecule has 0 aliphatic carbocycles. The molecule has 0 bridgehead atoms. The molecule has 6 heteroatoms. The molecule has 2 aromatic rings. The fraction of sp³-hybridized carbons (Fsp3) is 0.333. The SMILES string of the molecule is Cc1cc(C)cc(C[S@](=O)CC(=O)Nc2cc(C)on2)c1. The number of anilines is 1. The van der Waals surface area contributed by atoms with Crippen LogP contribution in [0.3, 0.4) is 0 Å². The molecule has 1 amide bonds. The molecule has 1 N–H and O–H groups in total. The summed E-state index contributed by atoms with van der Waals surface area (Å²) in [5.41, 5.74) is 3.24. The number of nitrogens with one attached hydrogen (secondary N) is 1. The largest absolute Gasteiger partial charge is 0.360 e. The van der Waals surface area contributed by atoms with E-state index in [2.05, 4.69) is 16.5 Å². The van der Waals surface area contributed by atoms with Crippen LogP contribution in [-0.4, -0.2) is 21.0 Å². The quantitative estimate of drug-likeness (QED) is 0.921. The molecule has 0 fully saturated rings. The van der Waals surface area contributed by atoms with E-state index in [1.807, 2.05) is 26.0 Å². The lowest BCUT2D eigenvalue weighted by Gasteiger charge is -2.05. The fourth-order valence-electron chi connectivity index (χ4n) is 2.14. The van der Waals surface area contributed by atoms with Gasteiger partial charge < -0.3 is 9.84 Å². The number of rotatable bonds is 5. The second kappa shape index (κ2) is 6.67. The lowest BCUT2D eigenvalue weighted by atomic mass is 10.1. The molecule has 0 saturated carbocycles. The Morgan fingerprint density at radius 2 is 1.86 bits per heavy atom. The first kappa shape index (κ1) is 15.4. The third-order valence-corrected chi connectivity index (χ3v) is 4.04. The van der Waals surface area contributed by atoms with Gasteiger partial charge in [-0.15, -0.1) is 0 Å². The molecule has 0 saturated heterocycles. The summed E-state index contributed by atoms with van der Waals surface area (Å²) in [6, 6.07) is 7.66. The zero-order valence-electron chi connectivity index (χ0n) is 12.3. The van der Waals surface area contributed by atoms with E-state index in [-0.39, 0.29) is 11.7 Å². The van der Waals surface area contributed by atoms with E-state index in [9.17, 15) is 9.00 Å². The van der Waals surface area contributed by atoms with Crippen LogP contribution in [0.5, 0.6) is 0 Å². The van der Waals surface area contributed by atoms with Gasteiger partial charge in [0.2, 0.25) is 5.91 Å². The van der Waals surface area contributed by atoms with Crippen LogP contribution < -0.4 is 5.32 Å². The molecule has 0 unspecified atom stereocenters. The molecule has 1 aromatic carbocycles. The van der Waals surface area contributed by atoms with Gasteiger partial charge in [0.05, 0.1) is 0 Å². The van der Waals surface area contributed by atoms with Crippen molar-refractivity contribution in [1.29, 1.82) is 0 Å². The van der Waals surface area contributed by atoms with E-state index in [1.165, 1.54) is 0 Å². The Kier molecular flexibility index (Phi) is 4.90. The summed E-state index contributed by atoms with van der Waals surface area (Å²) in [5, 5.41) is 6.23.